The van der Waals surface area contributed by atoms with Gasteiger partial charge in [-0.15, -0.1) is 0 Å². The fourth-order valence-electron chi connectivity index (χ4n) is 3.09. The minimum Gasteiger partial charge on any atom is -0.295 e. The van der Waals surface area contributed by atoms with Crippen molar-refractivity contribution >= 4 is 17.4 Å². The lowest BCUT2D eigenvalue weighted by molar-refractivity contribution is 0.817. The third-order valence-corrected chi connectivity index (χ3v) is 5.40. The number of hydrogen-bond acceptors (Lipinski definition) is 4. The van der Waals surface area contributed by atoms with Crippen LogP contribution in [0.4, 0.5) is 0 Å². The second kappa shape index (κ2) is 7.40. The fourth-order valence-corrected chi connectivity index (χ4v) is 3.95. The van der Waals surface area contributed by atoms with Crippen molar-refractivity contribution in [2.45, 2.75) is 30.7 Å². The number of para-hydroxylation sites is 1. The van der Waals surface area contributed by atoms with E-state index in [1.165, 1.54) is 5.56 Å². The minimum atomic E-state index is -0.0651. The van der Waals surface area contributed by atoms with Crippen LogP contribution in [0.1, 0.15) is 31.0 Å². The summed E-state index contributed by atoms with van der Waals surface area (Å²) < 4.78 is 3.65. The normalized spacial score (nSPS) is 11.4. The predicted octanol–water partition coefficient (Wildman–Crippen LogP) is 4.30. The number of nitrogens with zero attached hydrogens (tertiary/aromatic N) is 4. The van der Waals surface area contributed by atoms with Gasteiger partial charge >= 0.3 is 0 Å². The molecule has 0 saturated heterocycles. The van der Waals surface area contributed by atoms with E-state index >= 15 is 0 Å². The van der Waals surface area contributed by atoms with E-state index in [0.717, 1.165) is 16.5 Å². The average Bonchev–Trinajstić information content (AvgIpc) is 3.15. The van der Waals surface area contributed by atoms with Crippen molar-refractivity contribution in [3.8, 4) is 5.69 Å². The molecule has 3 heterocycles. The highest BCUT2D eigenvalue weighted by Gasteiger charge is 2.12. The lowest BCUT2D eigenvalue weighted by Gasteiger charge is -2.15. The summed E-state index contributed by atoms with van der Waals surface area (Å²) in [5.41, 5.74) is 3.76. The number of hydrogen-bond donors (Lipinski definition) is 0. The zero-order valence-corrected chi connectivity index (χ0v) is 16.1. The second-order valence-electron chi connectivity index (χ2n) is 6.60. The molecule has 4 aromatic rings. The van der Waals surface area contributed by atoms with E-state index in [2.05, 4.69) is 46.6 Å². The van der Waals surface area contributed by atoms with Gasteiger partial charge in [0.25, 0.3) is 5.56 Å². The molecule has 3 aromatic heterocycles. The maximum atomic E-state index is 12.3. The molecule has 5 nitrogen and oxygen atoms in total. The lowest BCUT2D eigenvalue weighted by atomic mass is 10.0. The van der Waals surface area contributed by atoms with Crippen LogP contribution in [0.15, 0.2) is 77.1 Å². The Morgan fingerprint density at radius 2 is 1.89 bits per heavy atom. The molecule has 0 aliphatic carbocycles. The SMILES string of the molecule is CC(C)c1ccccc1-n1ccnc1SCc1cc(=O)n2ccccc2n1. The van der Waals surface area contributed by atoms with Gasteiger partial charge in [0.05, 0.1) is 11.4 Å². The predicted molar refractivity (Wildman–Crippen MR) is 109 cm³/mol. The highest BCUT2D eigenvalue weighted by Crippen LogP contribution is 2.28. The molecule has 0 amide bonds. The molecule has 136 valence electrons. The summed E-state index contributed by atoms with van der Waals surface area (Å²) in [6, 6.07) is 15.5. The number of thioether (sulfide) groups is 1. The molecule has 1 aromatic carbocycles. The van der Waals surface area contributed by atoms with Crippen molar-refractivity contribution in [2.75, 3.05) is 0 Å². The van der Waals surface area contributed by atoms with Crippen molar-refractivity contribution in [1.82, 2.24) is 18.9 Å². The van der Waals surface area contributed by atoms with Crippen molar-refractivity contribution < 1.29 is 0 Å². The summed E-state index contributed by atoms with van der Waals surface area (Å²) in [5.74, 6) is 1.00. The molecule has 4 rings (SSSR count). The van der Waals surface area contributed by atoms with Crippen molar-refractivity contribution in [3.63, 3.8) is 0 Å². The van der Waals surface area contributed by atoms with E-state index in [1.54, 1.807) is 28.4 Å². The van der Waals surface area contributed by atoms with E-state index in [1.807, 2.05) is 36.7 Å². The summed E-state index contributed by atoms with van der Waals surface area (Å²) in [7, 11) is 0. The van der Waals surface area contributed by atoms with Gasteiger partial charge in [0.2, 0.25) is 0 Å². The lowest BCUT2D eigenvalue weighted by Crippen LogP contribution is -2.14. The maximum Gasteiger partial charge on any atom is 0.258 e. The van der Waals surface area contributed by atoms with E-state index in [0.29, 0.717) is 17.3 Å². The first-order valence-corrected chi connectivity index (χ1v) is 9.85. The Hall–Kier alpha value is -2.86. The Labute approximate surface area is 161 Å². The summed E-state index contributed by atoms with van der Waals surface area (Å²) >= 11 is 1.58. The Bertz CT molecular complexity index is 1150. The van der Waals surface area contributed by atoms with Gasteiger partial charge in [-0.05, 0) is 29.7 Å². The molecule has 0 aliphatic rings. The van der Waals surface area contributed by atoms with Gasteiger partial charge in [0, 0.05) is 30.4 Å². The molecule has 0 N–H and O–H groups in total. The topological polar surface area (TPSA) is 52.2 Å². The number of aromatic nitrogens is 4. The zero-order chi connectivity index (χ0) is 18.8. The molecule has 0 fully saturated rings. The van der Waals surface area contributed by atoms with Crippen LogP contribution in [0.5, 0.6) is 0 Å². The highest BCUT2D eigenvalue weighted by molar-refractivity contribution is 7.98. The monoisotopic (exact) mass is 376 g/mol. The van der Waals surface area contributed by atoms with Gasteiger partial charge in [-0.2, -0.15) is 0 Å². The Morgan fingerprint density at radius 3 is 2.74 bits per heavy atom. The number of fused-ring (bicyclic) bond motifs is 1. The van der Waals surface area contributed by atoms with Crippen LogP contribution in [0.2, 0.25) is 0 Å². The molecule has 0 bridgehead atoms. The third kappa shape index (κ3) is 3.53. The number of benzene rings is 1. The van der Waals surface area contributed by atoms with E-state index in [9.17, 15) is 4.79 Å². The summed E-state index contributed by atoms with van der Waals surface area (Å²) in [4.78, 5) is 21.4. The first-order valence-electron chi connectivity index (χ1n) is 8.86. The molecule has 0 saturated carbocycles. The average molecular weight is 376 g/mol. The Morgan fingerprint density at radius 1 is 1.07 bits per heavy atom. The van der Waals surface area contributed by atoms with Gasteiger partial charge in [0.1, 0.15) is 5.65 Å². The minimum absolute atomic E-state index is 0.0651. The maximum absolute atomic E-state index is 12.3. The van der Waals surface area contributed by atoms with E-state index < -0.39 is 0 Å². The first-order chi connectivity index (χ1) is 13.1. The van der Waals surface area contributed by atoms with Crippen molar-refractivity contribution in [1.29, 1.82) is 0 Å². The standard InChI is InChI=1S/C21H20N4OS/c1-15(2)17-7-3-4-8-18(17)24-12-10-22-21(24)27-14-16-13-20(26)25-11-6-5-9-19(25)23-16/h3-13,15H,14H2,1-2H3. The number of pyridine rings is 1. The van der Waals surface area contributed by atoms with Gasteiger partial charge < -0.3 is 0 Å². The Kier molecular flexibility index (Phi) is 4.81. The van der Waals surface area contributed by atoms with Crippen LogP contribution in [0.25, 0.3) is 11.3 Å². The fraction of sp³-hybridized carbons (Fsp3) is 0.190. The van der Waals surface area contributed by atoms with E-state index in [-0.39, 0.29) is 5.56 Å². The molecular weight excluding hydrogens is 356 g/mol. The van der Waals surface area contributed by atoms with Crippen molar-refractivity contribution in [3.05, 3.63) is 88.7 Å². The van der Waals surface area contributed by atoms with Gasteiger partial charge in [-0.3, -0.25) is 13.8 Å². The molecule has 0 radical (unpaired) electrons. The van der Waals surface area contributed by atoms with Gasteiger partial charge in [-0.1, -0.05) is 49.9 Å². The second-order valence-corrected chi connectivity index (χ2v) is 7.54. The first kappa shape index (κ1) is 17.5. The van der Waals surface area contributed by atoms with Crippen LogP contribution in [-0.4, -0.2) is 18.9 Å². The van der Waals surface area contributed by atoms with Crippen molar-refractivity contribution in [2.24, 2.45) is 0 Å². The molecule has 0 unspecified atom stereocenters. The summed E-state index contributed by atoms with van der Waals surface area (Å²) in [6.45, 7) is 4.38. The van der Waals surface area contributed by atoms with Gasteiger partial charge in [0.15, 0.2) is 5.16 Å². The zero-order valence-electron chi connectivity index (χ0n) is 15.2. The van der Waals surface area contributed by atoms with Crippen LogP contribution in [0.3, 0.4) is 0 Å². The summed E-state index contributed by atoms with van der Waals surface area (Å²) in [6.07, 6.45) is 5.52. The highest BCUT2D eigenvalue weighted by atomic mass is 32.2. The quantitative estimate of drug-likeness (QED) is 0.488. The molecule has 0 aliphatic heterocycles. The van der Waals surface area contributed by atoms with Crippen LogP contribution in [-0.2, 0) is 5.75 Å². The van der Waals surface area contributed by atoms with Gasteiger partial charge in [-0.25, -0.2) is 9.97 Å². The molecule has 6 heteroatoms. The van der Waals surface area contributed by atoms with Crippen LogP contribution >= 0.6 is 11.8 Å². The molecular formula is C21H20N4OS. The third-order valence-electron chi connectivity index (χ3n) is 4.40. The number of rotatable bonds is 5. The van der Waals surface area contributed by atoms with Crippen LogP contribution < -0.4 is 5.56 Å². The van der Waals surface area contributed by atoms with E-state index in [4.69, 9.17) is 0 Å². The summed E-state index contributed by atoms with van der Waals surface area (Å²) in [5, 5.41) is 0.887. The largest absolute Gasteiger partial charge is 0.295 e. The molecule has 0 spiro atoms. The molecule has 27 heavy (non-hydrogen) atoms. The molecule has 0 atom stereocenters. The number of imidazole rings is 1. The van der Waals surface area contributed by atoms with Crippen LogP contribution in [0, 0.1) is 0 Å². The Balaban J connectivity index is 1.63. The smallest absolute Gasteiger partial charge is 0.258 e.